The molecule has 2 bridgehead atoms. The van der Waals surface area contributed by atoms with Gasteiger partial charge in [0.25, 0.3) is 0 Å². The van der Waals surface area contributed by atoms with Gasteiger partial charge in [-0.2, -0.15) is 0 Å². The molecule has 1 unspecified atom stereocenters. The molecule has 15 heteroatoms. The molecule has 56 heavy (non-hydrogen) atoms. The molecule has 6 rings (SSSR count). The molecule has 1 saturated heterocycles. The first-order valence-electron chi connectivity index (χ1n) is 18.3. The number of carbonyl (C=O) groups is 4. The minimum Gasteiger partial charge on any atom is -0.456 e. The number of Topliss-reactive ketones (excluding diaryl/α,β-unsaturated/α-hetero) is 1. The van der Waals surface area contributed by atoms with Crippen LogP contribution in [0.3, 0.4) is 0 Å². The van der Waals surface area contributed by atoms with Crippen LogP contribution < -0.4 is 5.32 Å². The Bertz CT molecular complexity index is 1830. The van der Waals surface area contributed by atoms with Crippen molar-refractivity contribution in [3.63, 3.8) is 0 Å². The first kappa shape index (κ1) is 47.4. The molecule has 1 heterocycles. The Balaban J connectivity index is 0.00000348. The van der Waals surface area contributed by atoms with E-state index in [9.17, 15) is 39.6 Å². The van der Waals surface area contributed by atoms with E-state index in [0.717, 1.165) is 0 Å². The quantitative estimate of drug-likeness (QED) is 0.153. The molecule has 1 aliphatic heterocycles. The van der Waals surface area contributed by atoms with Crippen LogP contribution in [0.15, 0.2) is 71.8 Å². The number of ether oxygens (including phenoxy) is 4. The summed E-state index contributed by atoms with van der Waals surface area (Å²) in [7, 11) is 0. The number of amides is 1. The number of benzene rings is 2. The standard InChI is InChI=1S/C41H51NO12.2Ac/c1-22-25(52-35(47)30(44)28(23-14-10-8-11-15-23)42-36(48)54-37(2,3)4)20-41(50)33(53-34(46)24-16-12-9-13-17-24)31-39(7,19-18-26-40(31,49)21-51-26)32(45)29(43)27(22)38(41,5)6;;/h8-17,25-26,28-31,33,43-44,49-50H,18-21H2,1-7H3,(H,42,48);;/t25-,26+,28-,29+,30+,31-,33?,39+,40-,41+;;/m0../s1. The largest absolute Gasteiger partial charge is 0.456 e. The summed E-state index contributed by atoms with van der Waals surface area (Å²) in [6.45, 7) is 11.2. The van der Waals surface area contributed by atoms with E-state index in [-0.39, 0.29) is 118 Å². The van der Waals surface area contributed by atoms with Gasteiger partial charge in [0, 0.05) is 111 Å². The number of rotatable bonds is 7. The Morgan fingerprint density at radius 2 is 1.54 bits per heavy atom. The zero-order valence-corrected chi connectivity index (χ0v) is 42.3. The average Bonchev–Trinajstić information content (AvgIpc) is 3.10. The van der Waals surface area contributed by atoms with Gasteiger partial charge in [0.05, 0.1) is 24.3 Å². The maximum atomic E-state index is 14.6. The van der Waals surface area contributed by atoms with E-state index >= 15 is 0 Å². The topological polar surface area (TPSA) is 198 Å². The number of aliphatic hydroxyl groups is 4. The predicted octanol–water partition coefficient (Wildman–Crippen LogP) is 3.72. The van der Waals surface area contributed by atoms with E-state index in [1.165, 1.54) is 12.1 Å². The summed E-state index contributed by atoms with van der Waals surface area (Å²) in [5, 5.41) is 51.6. The molecule has 3 aliphatic carbocycles. The molecule has 2 radical (unpaired) electrons. The fraction of sp³-hybridized carbons (Fsp3) is 0.561. The van der Waals surface area contributed by atoms with Crippen LogP contribution in [0.4, 0.5) is 4.79 Å². The molecular weight excluding hydrogens is 1150 g/mol. The molecule has 10 atom stereocenters. The number of ketones is 1. The molecule has 1 amide bonds. The number of nitrogens with one attached hydrogen (secondary N) is 1. The van der Waals surface area contributed by atoms with Crippen LogP contribution in [0.1, 0.15) is 89.7 Å². The molecule has 3 fully saturated rings. The van der Waals surface area contributed by atoms with Crippen LogP contribution in [0.5, 0.6) is 0 Å². The number of carbonyl (C=O) groups excluding carboxylic acids is 4. The van der Waals surface area contributed by atoms with Gasteiger partial charge in [0.15, 0.2) is 11.9 Å². The van der Waals surface area contributed by atoms with Crippen molar-refractivity contribution >= 4 is 23.8 Å². The summed E-state index contributed by atoms with van der Waals surface area (Å²) >= 11 is 0. The summed E-state index contributed by atoms with van der Waals surface area (Å²) < 4.78 is 23.4. The van der Waals surface area contributed by atoms with Gasteiger partial charge in [-0.15, -0.1) is 0 Å². The van der Waals surface area contributed by atoms with Gasteiger partial charge in [-0.3, -0.25) is 4.79 Å². The molecule has 13 nitrogen and oxygen atoms in total. The first-order chi connectivity index (χ1) is 25.2. The fourth-order valence-electron chi connectivity index (χ4n) is 9.18. The third-order valence-corrected chi connectivity index (χ3v) is 12.1. The number of fused-ring (bicyclic) bond motifs is 5. The molecule has 0 aromatic heterocycles. The van der Waals surface area contributed by atoms with Crippen LogP contribution in [0.25, 0.3) is 0 Å². The van der Waals surface area contributed by atoms with Crippen molar-refractivity contribution in [3.05, 3.63) is 82.9 Å². The molecule has 2 aromatic carbocycles. The number of esters is 2. The minimum atomic E-state index is -2.18. The van der Waals surface area contributed by atoms with Crippen molar-refractivity contribution in [1.82, 2.24) is 5.32 Å². The molecule has 298 valence electrons. The zero-order valence-electron chi connectivity index (χ0n) is 32.9. The van der Waals surface area contributed by atoms with Gasteiger partial charge >= 0.3 is 18.0 Å². The Morgan fingerprint density at radius 3 is 2.09 bits per heavy atom. The summed E-state index contributed by atoms with van der Waals surface area (Å²) in [6.07, 6.45) is -8.31. The summed E-state index contributed by atoms with van der Waals surface area (Å²) in [5.41, 5.74) is -6.91. The van der Waals surface area contributed by atoms with Gasteiger partial charge in [-0.25, -0.2) is 14.4 Å². The van der Waals surface area contributed by atoms with Crippen LogP contribution >= 0.6 is 0 Å². The second-order valence-electron chi connectivity index (χ2n) is 16.9. The van der Waals surface area contributed by atoms with E-state index < -0.39 is 100 Å². The van der Waals surface area contributed by atoms with Crippen molar-refractivity contribution < 1.29 is 147 Å². The van der Waals surface area contributed by atoms with Gasteiger partial charge < -0.3 is 44.7 Å². The van der Waals surface area contributed by atoms with Crippen molar-refractivity contribution in [2.24, 2.45) is 16.7 Å². The van der Waals surface area contributed by atoms with Crippen LogP contribution in [-0.4, -0.2) is 98.2 Å². The van der Waals surface area contributed by atoms with Crippen molar-refractivity contribution in [1.29, 1.82) is 0 Å². The third kappa shape index (κ3) is 8.39. The summed E-state index contributed by atoms with van der Waals surface area (Å²) in [6, 6.07) is 15.0. The smallest absolute Gasteiger partial charge is 0.408 e. The maximum absolute atomic E-state index is 14.6. The second kappa shape index (κ2) is 17.4. The number of aliphatic hydroxyl groups excluding tert-OH is 2. The SMILES string of the molecule is CC1=C2[C@@H](O)C(=O)[C@]3(C)CC[C@H]4OC[C@@]4(O)[C@H]3C(OC(=O)c3ccccc3)[C@](O)(C[C@@H]1OC(=O)[C@H](O)[C@@H](NC(=O)OC(C)(C)C)c1ccccc1)C2(C)C.[Ac].[Ac]. The van der Waals surface area contributed by atoms with Crippen molar-refractivity contribution in [3.8, 4) is 0 Å². The first-order valence-corrected chi connectivity index (χ1v) is 18.3. The molecular formula is C41H51Ac2NO12. The van der Waals surface area contributed by atoms with Gasteiger partial charge in [-0.05, 0) is 69.4 Å². The van der Waals surface area contributed by atoms with Crippen molar-refractivity contribution in [2.45, 2.75) is 121 Å². The fourth-order valence-corrected chi connectivity index (χ4v) is 9.18. The number of hydrogen-bond donors (Lipinski definition) is 5. The summed E-state index contributed by atoms with van der Waals surface area (Å²) in [5.74, 6) is -3.90. The van der Waals surface area contributed by atoms with Gasteiger partial charge in [-0.1, -0.05) is 69.3 Å². The van der Waals surface area contributed by atoms with Crippen LogP contribution in [0, 0.1) is 105 Å². The molecule has 4 aliphatic rings. The molecule has 0 spiro atoms. The predicted molar refractivity (Wildman–Crippen MR) is 193 cm³/mol. The monoisotopic (exact) mass is 1200 g/mol. The number of alkyl carbamates (subject to hydrolysis) is 1. The van der Waals surface area contributed by atoms with Crippen molar-refractivity contribution in [2.75, 3.05) is 6.61 Å². The van der Waals surface area contributed by atoms with E-state index in [1.54, 1.807) is 97.0 Å². The number of hydrogen-bond acceptors (Lipinski definition) is 12. The van der Waals surface area contributed by atoms with E-state index in [4.69, 9.17) is 18.9 Å². The van der Waals surface area contributed by atoms with E-state index in [1.807, 2.05) is 0 Å². The van der Waals surface area contributed by atoms with E-state index in [2.05, 4.69) is 5.32 Å². The Hall–Kier alpha value is -1.26. The third-order valence-electron chi connectivity index (χ3n) is 12.1. The summed E-state index contributed by atoms with van der Waals surface area (Å²) in [4.78, 5) is 55.4. The normalized spacial score (nSPS) is 32.8. The average molecular weight is 1200 g/mol. The van der Waals surface area contributed by atoms with Crippen LogP contribution in [-0.2, 0) is 28.5 Å². The second-order valence-corrected chi connectivity index (χ2v) is 16.9. The minimum absolute atomic E-state index is 0. The van der Waals surface area contributed by atoms with Gasteiger partial charge in [0.1, 0.15) is 35.1 Å². The van der Waals surface area contributed by atoms with Crippen LogP contribution in [0.2, 0.25) is 0 Å². The Kier molecular flexibility index (Phi) is 14.7. The Morgan fingerprint density at radius 1 is 0.946 bits per heavy atom. The zero-order chi connectivity index (χ0) is 39.6. The van der Waals surface area contributed by atoms with E-state index in [0.29, 0.717) is 12.0 Å². The molecule has 5 N–H and O–H groups in total. The Labute approximate surface area is 398 Å². The molecule has 2 saturated carbocycles. The van der Waals surface area contributed by atoms with Gasteiger partial charge in [0.2, 0.25) is 0 Å². The maximum Gasteiger partial charge on any atom is 0.408 e. The molecule has 2 aromatic rings.